The molecule has 0 aromatic heterocycles. The Morgan fingerprint density at radius 3 is 2.50 bits per heavy atom. The van der Waals surface area contributed by atoms with E-state index >= 15 is 0 Å². The minimum absolute atomic E-state index is 0.000620. The number of carbonyl (C=O) groups excluding carboxylic acids is 2. The van der Waals surface area contributed by atoms with E-state index in [4.69, 9.17) is 4.74 Å². The number of rotatable bonds is 4. The Morgan fingerprint density at radius 1 is 1.25 bits per heavy atom. The van der Waals surface area contributed by atoms with E-state index < -0.39 is 0 Å². The molecule has 1 fully saturated rings. The lowest BCUT2D eigenvalue weighted by molar-refractivity contribution is -0.153. The molecule has 1 heterocycles. The van der Waals surface area contributed by atoms with Crippen LogP contribution in [-0.4, -0.2) is 54.9 Å². The maximum atomic E-state index is 12.0. The highest BCUT2D eigenvalue weighted by Gasteiger charge is 2.33. The van der Waals surface area contributed by atoms with Gasteiger partial charge >= 0.3 is 0 Å². The molecule has 0 radical (unpaired) electrons. The number of piperazine rings is 1. The second kappa shape index (κ2) is 5.94. The first kappa shape index (κ1) is 14.4. The van der Waals surface area contributed by atoms with Crippen LogP contribution in [0.4, 0.5) is 0 Å². The first-order valence-corrected chi connectivity index (χ1v) is 6.70. The van der Waals surface area contributed by atoms with Crippen LogP contribution in [0, 0.1) is 0 Å². The Hall–Kier alpha value is -2.04. The monoisotopic (exact) mass is 276 g/mol. The molecule has 2 rings (SSSR count). The lowest BCUT2D eigenvalue weighted by atomic mass is 10.1. The molecule has 5 nitrogen and oxygen atoms in total. The SMILES string of the molecule is COc1ccc(CCN2C(=O)CN(C)C(=O)[C@@H]2C)cc1. The molecule has 0 bridgehead atoms. The number of ether oxygens (including phenoxy) is 1. The van der Waals surface area contributed by atoms with Crippen molar-refractivity contribution in [3.05, 3.63) is 29.8 Å². The summed E-state index contributed by atoms with van der Waals surface area (Å²) in [5, 5.41) is 0. The van der Waals surface area contributed by atoms with E-state index in [1.165, 1.54) is 4.90 Å². The van der Waals surface area contributed by atoms with Gasteiger partial charge in [-0.05, 0) is 31.0 Å². The van der Waals surface area contributed by atoms with Crippen LogP contribution in [0.5, 0.6) is 5.75 Å². The lowest BCUT2D eigenvalue weighted by Crippen LogP contribution is -2.57. The highest BCUT2D eigenvalue weighted by molar-refractivity contribution is 5.94. The Labute approximate surface area is 119 Å². The maximum Gasteiger partial charge on any atom is 0.245 e. The van der Waals surface area contributed by atoms with Crippen LogP contribution in [-0.2, 0) is 16.0 Å². The molecule has 1 aliphatic heterocycles. The molecule has 0 saturated carbocycles. The number of amides is 2. The van der Waals surface area contributed by atoms with Gasteiger partial charge in [-0.15, -0.1) is 0 Å². The summed E-state index contributed by atoms with van der Waals surface area (Å²) < 4.78 is 5.11. The van der Waals surface area contributed by atoms with Gasteiger partial charge in [-0.2, -0.15) is 0 Å². The number of hydrogen-bond donors (Lipinski definition) is 0. The quantitative estimate of drug-likeness (QED) is 0.822. The summed E-state index contributed by atoms with van der Waals surface area (Å²) in [7, 11) is 3.29. The first-order valence-electron chi connectivity index (χ1n) is 6.70. The van der Waals surface area contributed by atoms with Crippen molar-refractivity contribution in [2.24, 2.45) is 0 Å². The third-order valence-electron chi connectivity index (χ3n) is 3.69. The molecule has 0 unspecified atom stereocenters. The standard InChI is InChI=1S/C15H20N2O3/c1-11-15(19)16(2)10-14(18)17(11)9-8-12-4-6-13(20-3)7-5-12/h4-7,11H,8-10H2,1-3H3/t11-/m0/s1. The molecule has 1 atom stereocenters. The van der Waals surface area contributed by atoms with E-state index in [2.05, 4.69) is 0 Å². The zero-order chi connectivity index (χ0) is 14.7. The topological polar surface area (TPSA) is 49.9 Å². The number of likely N-dealkylation sites (N-methyl/N-ethyl adjacent to an activating group) is 1. The normalized spacial score (nSPS) is 19.4. The van der Waals surface area contributed by atoms with Crippen molar-refractivity contribution in [3.8, 4) is 5.75 Å². The highest BCUT2D eigenvalue weighted by atomic mass is 16.5. The van der Waals surface area contributed by atoms with Crippen molar-refractivity contribution in [2.75, 3.05) is 27.2 Å². The Morgan fingerprint density at radius 2 is 1.90 bits per heavy atom. The van der Waals surface area contributed by atoms with E-state index in [-0.39, 0.29) is 24.4 Å². The average molecular weight is 276 g/mol. The molecule has 2 amide bonds. The molecule has 1 aromatic carbocycles. The van der Waals surface area contributed by atoms with E-state index in [9.17, 15) is 9.59 Å². The third-order valence-corrected chi connectivity index (χ3v) is 3.69. The van der Waals surface area contributed by atoms with Gasteiger partial charge in [0.2, 0.25) is 11.8 Å². The fourth-order valence-electron chi connectivity index (χ4n) is 2.40. The summed E-state index contributed by atoms with van der Waals surface area (Å²) in [6, 6.07) is 7.38. The van der Waals surface area contributed by atoms with E-state index in [1.54, 1.807) is 26.0 Å². The van der Waals surface area contributed by atoms with Gasteiger partial charge < -0.3 is 14.5 Å². The van der Waals surface area contributed by atoms with Crippen LogP contribution in [0.3, 0.4) is 0 Å². The lowest BCUT2D eigenvalue weighted by Gasteiger charge is -2.37. The molecule has 0 aliphatic carbocycles. The summed E-state index contributed by atoms with van der Waals surface area (Å²) in [5.41, 5.74) is 1.12. The zero-order valence-corrected chi connectivity index (χ0v) is 12.1. The summed E-state index contributed by atoms with van der Waals surface area (Å²) in [6.07, 6.45) is 0.733. The zero-order valence-electron chi connectivity index (χ0n) is 12.1. The van der Waals surface area contributed by atoms with Gasteiger partial charge in [0.25, 0.3) is 0 Å². The van der Waals surface area contributed by atoms with Gasteiger partial charge in [-0.1, -0.05) is 12.1 Å². The molecule has 0 N–H and O–H groups in total. The van der Waals surface area contributed by atoms with E-state index in [1.807, 2.05) is 24.3 Å². The van der Waals surface area contributed by atoms with Gasteiger partial charge in [0.1, 0.15) is 11.8 Å². The number of benzene rings is 1. The van der Waals surface area contributed by atoms with Gasteiger partial charge in [-0.25, -0.2) is 0 Å². The predicted octanol–water partition coefficient (Wildman–Crippen LogP) is 0.927. The number of methoxy groups -OCH3 is 1. The minimum atomic E-state index is -0.375. The second-order valence-corrected chi connectivity index (χ2v) is 5.06. The van der Waals surface area contributed by atoms with Crippen LogP contribution in [0.25, 0.3) is 0 Å². The number of hydrogen-bond acceptors (Lipinski definition) is 3. The fraction of sp³-hybridized carbons (Fsp3) is 0.467. The van der Waals surface area contributed by atoms with Gasteiger partial charge in [0.05, 0.1) is 13.7 Å². The average Bonchev–Trinajstić information content (AvgIpc) is 2.45. The molecule has 5 heteroatoms. The number of nitrogens with zero attached hydrogens (tertiary/aromatic N) is 2. The van der Waals surface area contributed by atoms with Crippen molar-refractivity contribution >= 4 is 11.8 Å². The molecule has 20 heavy (non-hydrogen) atoms. The molecule has 0 spiro atoms. The summed E-state index contributed by atoms with van der Waals surface area (Å²) in [5.74, 6) is 0.820. The van der Waals surface area contributed by atoms with Gasteiger partial charge in [0.15, 0.2) is 0 Å². The Bertz CT molecular complexity index is 498. The molecule has 1 aliphatic rings. The fourth-order valence-corrected chi connectivity index (χ4v) is 2.40. The third kappa shape index (κ3) is 2.92. The highest BCUT2D eigenvalue weighted by Crippen LogP contribution is 2.15. The van der Waals surface area contributed by atoms with Crippen molar-refractivity contribution < 1.29 is 14.3 Å². The smallest absolute Gasteiger partial charge is 0.245 e. The van der Waals surface area contributed by atoms with Crippen LogP contribution < -0.4 is 4.74 Å². The molecular formula is C15H20N2O3. The van der Waals surface area contributed by atoms with Gasteiger partial charge in [-0.3, -0.25) is 9.59 Å². The first-order chi connectivity index (χ1) is 9.52. The van der Waals surface area contributed by atoms with E-state index in [0.717, 1.165) is 17.7 Å². The van der Waals surface area contributed by atoms with E-state index in [0.29, 0.717) is 6.54 Å². The summed E-state index contributed by atoms with van der Waals surface area (Å²) in [4.78, 5) is 27.0. The van der Waals surface area contributed by atoms with Gasteiger partial charge in [0, 0.05) is 13.6 Å². The molecule has 108 valence electrons. The van der Waals surface area contributed by atoms with Crippen molar-refractivity contribution in [1.29, 1.82) is 0 Å². The predicted molar refractivity (Wildman–Crippen MR) is 75.5 cm³/mol. The Balaban J connectivity index is 1.98. The van der Waals surface area contributed by atoms with Crippen LogP contribution in [0.1, 0.15) is 12.5 Å². The van der Waals surface area contributed by atoms with Crippen LogP contribution in [0.15, 0.2) is 24.3 Å². The van der Waals surface area contributed by atoms with Crippen LogP contribution in [0.2, 0.25) is 0 Å². The van der Waals surface area contributed by atoms with Crippen molar-refractivity contribution in [3.63, 3.8) is 0 Å². The van der Waals surface area contributed by atoms with Crippen molar-refractivity contribution in [1.82, 2.24) is 9.80 Å². The molecule has 1 aromatic rings. The molecule has 1 saturated heterocycles. The Kier molecular flexibility index (Phi) is 4.27. The second-order valence-electron chi connectivity index (χ2n) is 5.06. The summed E-state index contributed by atoms with van der Waals surface area (Å²) >= 11 is 0. The van der Waals surface area contributed by atoms with Crippen molar-refractivity contribution in [2.45, 2.75) is 19.4 Å². The van der Waals surface area contributed by atoms with Crippen LogP contribution >= 0.6 is 0 Å². The molecular weight excluding hydrogens is 256 g/mol. The minimum Gasteiger partial charge on any atom is -0.497 e. The summed E-state index contributed by atoms with van der Waals surface area (Å²) in [6.45, 7) is 2.52. The largest absolute Gasteiger partial charge is 0.497 e. The number of carbonyl (C=O) groups is 2. The maximum absolute atomic E-state index is 12.0.